The zero-order valence-corrected chi connectivity index (χ0v) is 42.1. The summed E-state index contributed by atoms with van der Waals surface area (Å²) in [7, 11) is 2.74. The second kappa shape index (κ2) is 28.0. The van der Waals surface area contributed by atoms with Crippen LogP contribution in [0.15, 0.2) is 47.6 Å². The number of thioether (sulfide) groups is 1. The van der Waals surface area contributed by atoms with E-state index in [0.717, 1.165) is 15.4 Å². The minimum absolute atomic E-state index is 0.0300. The van der Waals surface area contributed by atoms with Gasteiger partial charge in [0.15, 0.2) is 6.10 Å². The molecule has 17 nitrogen and oxygen atoms in total. The maximum atomic E-state index is 14.1. The van der Waals surface area contributed by atoms with Crippen molar-refractivity contribution in [1.82, 2.24) is 20.4 Å². The number of nitrogens with one attached hydrogen (secondary N) is 2. The van der Waals surface area contributed by atoms with E-state index >= 15 is 0 Å². The molecular formula is C48H74N6O11S. The third kappa shape index (κ3) is 18.9. The second-order valence-electron chi connectivity index (χ2n) is 17.9. The average molecular weight is 943 g/mol. The number of carboxylic acids is 1. The Labute approximate surface area is 395 Å². The van der Waals surface area contributed by atoms with Crippen LogP contribution in [0.2, 0.25) is 0 Å². The molecule has 8 atom stereocenters. The van der Waals surface area contributed by atoms with Crippen molar-refractivity contribution in [2.45, 2.75) is 144 Å². The number of carbonyl (C=O) groups is 7. The van der Waals surface area contributed by atoms with E-state index in [1.807, 2.05) is 53.0 Å². The molecule has 8 unspecified atom stereocenters. The molecule has 0 fully saturated rings. The zero-order valence-electron chi connectivity index (χ0n) is 41.3. The van der Waals surface area contributed by atoms with Crippen LogP contribution in [0.1, 0.15) is 107 Å². The molecule has 0 spiro atoms. The van der Waals surface area contributed by atoms with Gasteiger partial charge >= 0.3 is 17.9 Å². The largest absolute Gasteiger partial charge is 0.480 e. The van der Waals surface area contributed by atoms with Crippen molar-refractivity contribution < 1.29 is 52.9 Å². The van der Waals surface area contributed by atoms with Gasteiger partial charge in [-0.1, -0.05) is 65.3 Å². The standard InChI is InChI=1S/C48H74N6O11S/c1-15-29(5)40(45(59)60)52-39(55)26-53(12)44(58)36(24-34-18-20-35(25-49)21-19-34)54(13)43(57)33(9)51-42(56)38(23-28(3)4)64-46(61)31(7)17-22-37(63-27-66-14)32(8)41(30(6)16-2)65-47(62)48(10,11)50/h16-21,28-29,32-33,36-38,40-41H,15,22-24,26-27,50H2,1-14H3,(H,51,56)(H,52,55)(H,59,60)/b30-16+,31-17+. The molecule has 1 aromatic carbocycles. The van der Waals surface area contributed by atoms with Gasteiger partial charge in [0.05, 0.1) is 30.2 Å². The Kier molecular flexibility index (Phi) is 25.0. The van der Waals surface area contributed by atoms with Gasteiger partial charge in [0.2, 0.25) is 17.7 Å². The van der Waals surface area contributed by atoms with Gasteiger partial charge in [-0.05, 0) is 95.7 Å². The predicted octanol–water partition coefficient (Wildman–Crippen LogP) is 4.76. The fraction of sp³-hybridized carbons (Fsp3) is 0.625. The molecule has 0 heterocycles. The van der Waals surface area contributed by atoms with E-state index in [9.17, 15) is 43.9 Å². The number of carbonyl (C=O) groups excluding carboxylic acids is 6. The minimum atomic E-state index is -1.30. The predicted molar refractivity (Wildman–Crippen MR) is 253 cm³/mol. The summed E-state index contributed by atoms with van der Waals surface area (Å²) < 4.78 is 17.8. The summed E-state index contributed by atoms with van der Waals surface area (Å²) in [6.45, 7) is 18.4. The molecule has 0 saturated carbocycles. The molecule has 1 rings (SSSR count). The average Bonchev–Trinajstić information content (AvgIpc) is 3.26. The van der Waals surface area contributed by atoms with Gasteiger partial charge in [0, 0.05) is 32.0 Å². The fourth-order valence-electron chi connectivity index (χ4n) is 6.67. The van der Waals surface area contributed by atoms with Crippen LogP contribution >= 0.6 is 11.8 Å². The smallest absolute Gasteiger partial charge is 0.334 e. The molecular weight excluding hydrogens is 869 g/mol. The molecule has 0 bridgehead atoms. The highest BCUT2D eigenvalue weighted by atomic mass is 32.2. The Bertz CT molecular complexity index is 1920. The number of nitrogens with two attached hydrogens (primary N) is 1. The molecule has 0 radical (unpaired) electrons. The third-order valence-corrected chi connectivity index (χ3v) is 11.6. The van der Waals surface area contributed by atoms with Crippen LogP contribution in [-0.2, 0) is 54.2 Å². The monoisotopic (exact) mass is 943 g/mol. The summed E-state index contributed by atoms with van der Waals surface area (Å²) in [5.74, 6) is -5.82. The maximum absolute atomic E-state index is 14.1. The Morgan fingerprint density at radius 3 is 2.08 bits per heavy atom. The molecule has 4 amide bonds. The maximum Gasteiger partial charge on any atom is 0.334 e. The summed E-state index contributed by atoms with van der Waals surface area (Å²) in [4.78, 5) is 95.4. The van der Waals surface area contributed by atoms with Crippen LogP contribution in [0.4, 0.5) is 0 Å². The van der Waals surface area contributed by atoms with E-state index in [4.69, 9.17) is 19.9 Å². The number of esters is 2. The van der Waals surface area contributed by atoms with Crippen molar-refractivity contribution >= 4 is 53.3 Å². The number of allylic oxidation sites excluding steroid dienone is 1. The molecule has 5 N–H and O–H groups in total. The number of nitriles is 1. The Morgan fingerprint density at radius 2 is 1.58 bits per heavy atom. The lowest BCUT2D eigenvalue weighted by atomic mass is 9.90. The molecule has 18 heteroatoms. The number of hydrogen-bond acceptors (Lipinski definition) is 13. The van der Waals surface area contributed by atoms with E-state index in [-0.39, 0.29) is 42.6 Å². The first-order valence-corrected chi connectivity index (χ1v) is 23.6. The first-order valence-electron chi connectivity index (χ1n) is 22.2. The van der Waals surface area contributed by atoms with Gasteiger partial charge in [-0.15, -0.1) is 11.8 Å². The van der Waals surface area contributed by atoms with Crippen molar-refractivity contribution in [2.75, 3.05) is 32.8 Å². The van der Waals surface area contributed by atoms with Crippen molar-refractivity contribution in [3.8, 4) is 6.07 Å². The van der Waals surface area contributed by atoms with Gasteiger partial charge in [0.1, 0.15) is 29.8 Å². The van der Waals surface area contributed by atoms with E-state index in [1.54, 1.807) is 65.0 Å². The molecule has 0 aliphatic rings. The van der Waals surface area contributed by atoms with Crippen molar-refractivity contribution in [3.05, 3.63) is 58.7 Å². The van der Waals surface area contributed by atoms with Crippen LogP contribution in [-0.4, -0.2) is 131 Å². The quantitative estimate of drug-likeness (QED) is 0.0402. The number of ether oxygens (including phenoxy) is 3. The summed E-state index contributed by atoms with van der Waals surface area (Å²) >= 11 is 1.46. The van der Waals surface area contributed by atoms with Crippen LogP contribution in [0.5, 0.6) is 0 Å². The number of amides is 4. The molecule has 66 heavy (non-hydrogen) atoms. The normalized spacial score (nSPS) is 15.7. The number of nitrogens with zero attached hydrogens (tertiary/aromatic N) is 3. The van der Waals surface area contributed by atoms with Crippen LogP contribution in [0.3, 0.4) is 0 Å². The molecule has 0 aliphatic heterocycles. The lowest BCUT2D eigenvalue weighted by Crippen LogP contribution is -2.56. The Balaban J connectivity index is 3.35. The zero-order chi connectivity index (χ0) is 50.6. The van der Waals surface area contributed by atoms with Gasteiger partial charge in [-0.25, -0.2) is 9.59 Å². The number of aliphatic carboxylic acids is 1. The Morgan fingerprint density at radius 1 is 0.970 bits per heavy atom. The molecule has 0 saturated heterocycles. The van der Waals surface area contributed by atoms with Crippen LogP contribution in [0, 0.1) is 29.1 Å². The van der Waals surface area contributed by atoms with Gasteiger partial charge < -0.3 is 45.5 Å². The number of likely N-dealkylation sites (N-methyl/N-ethyl adjacent to an activating group) is 2. The number of benzene rings is 1. The first-order chi connectivity index (χ1) is 30.7. The van der Waals surface area contributed by atoms with E-state index in [0.29, 0.717) is 23.5 Å². The number of carboxylic acid groups (broad SMARTS) is 1. The van der Waals surface area contributed by atoms with Crippen molar-refractivity contribution in [2.24, 2.45) is 23.5 Å². The highest BCUT2D eigenvalue weighted by Gasteiger charge is 2.37. The van der Waals surface area contributed by atoms with Crippen molar-refractivity contribution in [1.29, 1.82) is 5.26 Å². The van der Waals surface area contributed by atoms with E-state index in [1.165, 1.54) is 32.8 Å². The van der Waals surface area contributed by atoms with Crippen LogP contribution in [0.25, 0.3) is 0 Å². The summed E-state index contributed by atoms with van der Waals surface area (Å²) in [5, 5.41) is 24.1. The van der Waals surface area contributed by atoms with Crippen LogP contribution < -0.4 is 16.4 Å². The Hall–Kier alpha value is -5.25. The highest BCUT2D eigenvalue weighted by molar-refractivity contribution is 7.98. The highest BCUT2D eigenvalue weighted by Crippen LogP contribution is 2.27. The van der Waals surface area contributed by atoms with E-state index < -0.39 is 90.1 Å². The van der Waals surface area contributed by atoms with E-state index in [2.05, 4.69) is 10.6 Å². The summed E-state index contributed by atoms with van der Waals surface area (Å²) in [6.07, 6.45) is 3.73. The first kappa shape index (κ1) is 58.8. The lowest BCUT2D eigenvalue weighted by molar-refractivity contribution is -0.157. The molecule has 368 valence electrons. The second-order valence-corrected chi connectivity index (χ2v) is 18.7. The van der Waals surface area contributed by atoms with Gasteiger partial charge in [0.25, 0.3) is 5.91 Å². The number of hydrogen-bond donors (Lipinski definition) is 4. The molecule has 0 aliphatic carbocycles. The van der Waals surface area contributed by atoms with Gasteiger partial charge in [-0.2, -0.15) is 5.26 Å². The SMILES string of the molecule is C/C=C(\C)C(OC(=O)C(C)(C)N)C(C)C(C/C=C(\C)C(=O)OC(CC(C)C)C(=O)NC(C)C(=O)N(C)C(Cc1ccc(C#N)cc1)C(=O)N(C)CC(=O)NC(C(=O)O)C(C)CC)OCSC. The lowest BCUT2D eigenvalue weighted by Gasteiger charge is -2.33. The molecule has 0 aromatic heterocycles. The third-order valence-electron chi connectivity index (χ3n) is 11.2. The summed E-state index contributed by atoms with van der Waals surface area (Å²) in [5.41, 5.74) is 6.78. The fourth-order valence-corrected chi connectivity index (χ4v) is 6.98. The minimum Gasteiger partial charge on any atom is -0.480 e. The molecule has 1 aromatic rings. The summed E-state index contributed by atoms with van der Waals surface area (Å²) in [6, 6.07) is 4.85. The number of rotatable bonds is 27. The van der Waals surface area contributed by atoms with Gasteiger partial charge in [-0.3, -0.25) is 24.0 Å². The van der Waals surface area contributed by atoms with Crippen molar-refractivity contribution in [3.63, 3.8) is 0 Å². The topological polar surface area (TPSA) is 248 Å².